The van der Waals surface area contributed by atoms with E-state index in [1.165, 1.54) is 17.4 Å². The Labute approximate surface area is 132 Å². The zero-order valence-electron chi connectivity index (χ0n) is 11.9. The van der Waals surface area contributed by atoms with E-state index in [9.17, 15) is 13.2 Å². The molecule has 2 aromatic rings. The maximum atomic E-state index is 11.7. The SMILES string of the molecule is CCOC(=O)c1cccc(C(OS(C)(=O)=O)c2cscn2)n1. The van der Waals surface area contributed by atoms with Crippen molar-refractivity contribution >= 4 is 27.4 Å². The molecule has 2 rings (SSSR count). The van der Waals surface area contributed by atoms with E-state index in [0.717, 1.165) is 6.26 Å². The second-order valence-corrected chi connectivity index (χ2v) is 6.58. The van der Waals surface area contributed by atoms with Gasteiger partial charge in [0, 0.05) is 5.38 Å². The van der Waals surface area contributed by atoms with Gasteiger partial charge in [0.05, 0.1) is 29.8 Å². The van der Waals surface area contributed by atoms with E-state index < -0.39 is 22.2 Å². The van der Waals surface area contributed by atoms with Crippen LogP contribution in [0.3, 0.4) is 0 Å². The molecule has 2 heterocycles. The standard InChI is InChI=1S/C13H14N2O5S2/c1-3-19-13(16)10-6-4-5-9(15-10)12(20-22(2,17)18)11-7-21-8-14-11/h4-8,12H,3H2,1-2H3. The van der Waals surface area contributed by atoms with Gasteiger partial charge in [-0.3, -0.25) is 4.18 Å². The third-order valence-corrected chi connectivity index (χ3v) is 3.66. The van der Waals surface area contributed by atoms with E-state index in [1.807, 2.05) is 0 Å². The molecule has 1 atom stereocenters. The minimum Gasteiger partial charge on any atom is -0.461 e. The van der Waals surface area contributed by atoms with Crippen molar-refractivity contribution in [2.24, 2.45) is 0 Å². The molecule has 0 fully saturated rings. The normalized spacial score (nSPS) is 12.8. The summed E-state index contributed by atoms with van der Waals surface area (Å²) in [6.07, 6.45) is -0.0581. The Morgan fingerprint density at radius 3 is 2.73 bits per heavy atom. The molecule has 0 spiro atoms. The lowest BCUT2D eigenvalue weighted by molar-refractivity contribution is 0.0519. The lowest BCUT2D eigenvalue weighted by Crippen LogP contribution is -2.15. The van der Waals surface area contributed by atoms with Gasteiger partial charge in [0.15, 0.2) is 6.10 Å². The van der Waals surface area contributed by atoms with Crippen molar-refractivity contribution in [2.45, 2.75) is 13.0 Å². The number of carbonyl (C=O) groups is 1. The molecule has 2 aromatic heterocycles. The van der Waals surface area contributed by atoms with E-state index in [1.54, 1.807) is 29.9 Å². The van der Waals surface area contributed by atoms with E-state index in [2.05, 4.69) is 9.97 Å². The van der Waals surface area contributed by atoms with Gasteiger partial charge >= 0.3 is 5.97 Å². The van der Waals surface area contributed by atoms with E-state index in [-0.39, 0.29) is 18.0 Å². The molecule has 0 amide bonds. The zero-order chi connectivity index (χ0) is 16.2. The Morgan fingerprint density at radius 1 is 1.36 bits per heavy atom. The van der Waals surface area contributed by atoms with Gasteiger partial charge in [-0.1, -0.05) is 6.07 Å². The summed E-state index contributed by atoms with van der Waals surface area (Å²) in [5.74, 6) is -0.583. The molecule has 0 radical (unpaired) electrons. The van der Waals surface area contributed by atoms with Crippen LogP contribution in [0.15, 0.2) is 29.1 Å². The van der Waals surface area contributed by atoms with Crippen LogP contribution < -0.4 is 0 Å². The van der Waals surface area contributed by atoms with Crippen LogP contribution in [0.4, 0.5) is 0 Å². The average Bonchev–Trinajstić information content (AvgIpc) is 2.98. The highest BCUT2D eigenvalue weighted by Gasteiger charge is 2.24. The zero-order valence-corrected chi connectivity index (χ0v) is 13.6. The molecular formula is C13H14N2O5S2. The van der Waals surface area contributed by atoms with Crippen LogP contribution in [0.25, 0.3) is 0 Å². The highest BCUT2D eigenvalue weighted by Crippen LogP contribution is 2.26. The fraction of sp³-hybridized carbons (Fsp3) is 0.308. The van der Waals surface area contributed by atoms with Crippen LogP contribution >= 0.6 is 11.3 Å². The van der Waals surface area contributed by atoms with Crippen molar-refractivity contribution in [3.05, 3.63) is 46.2 Å². The minimum atomic E-state index is -3.73. The predicted octanol–water partition coefficient (Wildman–Crippen LogP) is 1.78. The fourth-order valence-electron chi connectivity index (χ4n) is 1.69. The molecule has 9 heteroatoms. The number of thiazole rings is 1. The molecule has 1 unspecified atom stereocenters. The molecule has 0 aromatic carbocycles. The van der Waals surface area contributed by atoms with Gasteiger partial charge in [-0.2, -0.15) is 8.42 Å². The lowest BCUT2D eigenvalue weighted by Gasteiger charge is -2.14. The Hall–Kier alpha value is -1.84. The first-order valence-corrected chi connectivity index (χ1v) is 9.07. The molecular weight excluding hydrogens is 328 g/mol. The molecule has 0 aliphatic rings. The monoisotopic (exact) mass is 342 g/mol. The van der Waals surface area contributed by atoms with Crippen LogP contribution in [0.1, 0.15) is 34.9 Å². The van der Waals surface area contributed by atoms with Crippen molar-refractivity contribution in [3.8, 4) is 0 Å². The number of carbonyl (C=O) groups excluding carboxylic acids is 1. The molecule has 0 saturated carbocycles. The van der Waals surface area contributed by atoms with Crippen molar-refractivity contribution in [1.82, 2.24) is 9.97 Å². The lowest BCUT2D eigenvalue weighted by atomic mass is 10.2. The fourth-order valence-corrected chi connectivity index (χ4v) is 2.81. The number of pyridine rings is 1. The first-order chi connectivity index (χ1) is 10.4. The summed E-state index contributed by atoms with van der Waals surface area (Å²) in [6, 6.07) is 4.64. The maximum Gasteiger partial charge on any atom is 0.356 e. The Bertz CT molecular complexity index is 744. The Balaban J connectivity index is 2.40. The minimum absolute atomic E-state index is 0.0803. The first-order valence-electron chi connectivity index (χ1n) is 6.31. The van der Waals surface area contributed by atoms with Gasteiger partial charge in [0.1, 0.15) is 5.69 Å². The molecule has 0 bridgehead atoms. The molecule has 22 heavy (non-hydrogen) atoms. The van der Waals surface area contributed by atoms with Crippen LogP contribution in [0, 0.1) is 0 Å². The largest absolute Gasteiger partial charge is 0.461 e. The van der Waals surface area contributed by atoms with Crippen LogP contribution in [-0.4, -0.2) is 37.2 Å². The second-order valence-electron chi connectivity index (χ2n) is 4.26. The van der Waals surface area contributed by atoms with Crippen LogP contribution in [0.2, 0.25) is 0 Å². The van der Waals surface area contributed by atoms with Crippen molar-refractivity contribution < 1.29 is 22.1 Å². The number of ether oxygens (including phenoxy) is 1. The van der Waals surface area contributed by atoms with Crippen LogP contribution in [-0.2, 0) is 19.0 Å². The Morgan fingerprint density at radius 2 is 2.14 bits per heavy atom. The van der Waals surface area contributed by atoms with Crippen molar-refractivity contribution in [1.29, 1.82) is 0 Å². The van der Waals surface area contributed by atoms with Gasteiger partial charge in [-0.15, -0.1) is 11.3 Å². The van der Waals surface area contributed by atoms with Crippen molar-refractivity contribution in [2.75, 3.05) is 12.9 Å². The predicted molar refractivity (Wildman–Crippen MR) is 80.1 cm³/mol. The Kier molecular flexibility index (Phi) is 5.22. The molecule has 0 aliphatic carbocycles. The average molecular weight is 342 g/mol. The summed E-state index contributed by atoms with van der Waals surface area (Å²) in [5, 5.41) is 1.66. The molecule has 118 valence electrons. The highest BCUT2D eigenvalue weighted by molar-refractivity contribution is 7.86. The number of rotatable bonds is 6. The van der Waals surface area contributed by atoms with Gasteiger partial charge in [-0.25, -0.2) is 14.8 Å². The number of esters is 1. The topological polar surface area (TPSA) is 95.5 Å². The number of nitrogens with zero attached hydrogens (tertiary/aromatic N) is 2. The number of hydrogen-bond acceptors (Lipinski definition) is 8. The number of aromatic nitrogens is 2. The second kappa shape index (κ2) is 6.95. The van der Waals surface area contributed by atoms with E-state index in [4.69, 9.17) is 8.92 Å². The molecule has 0 N–H and O–H groups in total. The van der Waals surface area contributed by atoms with Gasteiger partial charge < -0.3 is 4.74 Å². The quantitative estimate of drug-likeness (QED) is 0.583. The van der Waals surface area contributed by atoms with Crippen LogP contribution in [0.5, 0.6) is 0 Å². The maximum absolute atomic E-state index is 11.7. The third kappa shape index (κ3) is 4.33. The molecule has 0 aliphatic heterocycles. The number of hydrogen-bond donors (Lipinski definition) is 0. The van der Waals surface area contributed by atoms with Gasteiger partial charge in [0.25, 0.3) is 10.1 Å². The highest BCUT2D eigenvalue weighted by atomic mass is 32.2. The summed E-state index contributed by atoms with van der Waals surface area (Å²) >= 11 is 1.30. The van der Waals surface area contributed by atoms with Crippen molar-refractivity contribution in [3.63, 3.8) is 0 Å². The summed E-state index contributed by atoms with van der Waals surface area (Å²) in [7, 11) is -3.73. The summed E-state index contributed by atoms with van der Waals surface area (Å²) in [6.45, 7) is 1.91. The van der Waals surface area contributed by atoms with Gasteiger partial charge in [0.2, 0.25) is 0 Å². The first kappa shape index (κ1) is 16.5. The molecule has 7 nitrogen and oxygen atoms in total. The third-order valence-electron chi connectivity index (χ3n) is 2.51. The summed E-state index contributed by atoms with van der Waals surface area (Å²) < 4.78 is 32.9. The summed E-state index contributed by atoms with van der Waals surface area (Å²) in [5.41, 5.74) is 2.31. The van der Waals surface area contributed by atoms with E-state index in [0.29, 0.717) is 5.69 Å². The van der Waals surface area contributed by atoms with E-state index >= 15 is 0 Å². The van der Waals surface area contributed by atoms with Gasteiger partial charge in [-0.05, 0) is 19.1 Å². The molecule has 0 saturated heterocycles. The smallest absolute Gasteiger partial charge is 0.356 e. The summed E-state index contributed by atoms with van der Waals surface area (Å²) in [4.78, 5) is 19.9.